The molecule has 1 heterocycles. The summed E-state index contributed by atoms with van der Waals surface area (Å²) < 4.78 is 0. The molecule has 33 heavy (non-hydrogen) atoms. The van der Waals surface area contributed by atoms with E-state index in [-0.39, 0.29) is 17.9 Å². The summed E-state index contributed by atoms with van der Waals surface area (Å²) in [5, 5.41) is 26.1. The zero-order valence-electron chi connectivity index (χ0n) is 17.5. The molecule has 0 bridgehead atoms. The second-order valence-corrected chi connectivity index (χ2v) is 7.97. The van der Waals surface area contributed by atoms with Crippen LogP contribution in [-0.4, -0.2) is 81.2 Å². The first-order valence-electron chi connectivity index (χ1n) is 9.98. The van der Waals surface area contributed by atoms with Gasteiger partial charge in [-0.05, 0) is 11.6 Å². The molecule has 0 fully saturated rings. The summed E-state index contributed by atoms with van der Waals surface area (Å²) in [7, 11) is 0. The molecule has 3 amide bonds. The lowest BCUT2D eigenvalue weighted by Gasteiger charge is -2.24. The molecule has 0 radical (unpaired) electrons. The van der Waals surface area contributed by atoms with Crippen LogP contribution in [0.1, 0.15) is 5.56 Å². The van der Waals surface area contributed by atoms with Crippen molar-refractivity contribution in [2.24, 2.45) is 5.73 Å². The van der Waals surface area contributed by atoms with E-state index in [1.807, 2.05) is 24.3 Å². The molecular formula is C20H27N5O6S2. The summed E-state index contributed by atoms with van der Waals surface area (Å²) in [5.74, 6) is -3.65. The second kappa shape index (κ2) is 12.5. The van der Waals surface area contributed by atoms with Crippen molar-refractivity contribution in [3.63, 3.8) is 0 Å². The van der Waals surface area contributed by atoms with Gasteiger partial charge in [0.05, 0.1) is 12.6 Å². The molecule has 11 nitrogen and oxygen atoms in total. The van der Waals surface area contributed by atoms with Crippen LogP contribution in [0.5, 0.6) is 0 Å². The number of aromatic nitrogens is 1. The number of H-pyrrole nitrogens is 1. The monoisotopic (exact) mass is 497 g/mol. The Labute approximate surface area is 200 Å². The van der Waals surface area contributed by atoms with Crippen LogP contribution in [0.4, 0.5) is 0 Å². The highest BCUT2D eigenvalue weighted by Gasteiger charge is 2.30. The molecule has 180 valence electrons. The second-order valence-electron chi connectivity index (χ2n) is 7.24. The van der Waals surface area contributed by atoms with Crippen molar-refractivity contribution in [3.05, 3.63) is 36.0 Å². The molecule has 0 saturated heterocycles. The smallest absolute Gasteiger partial charge is 0.328 e. The van der Waals surface area contributed by atoms with Crippen molar-refractivity contribution in [1.82, 2.24) is 20.9 Å². The van der Waals surface area contributed by atoms with E-state index in [1.54, 1.807) is 6.20 Å². The van der Waals surface area contributed by atoms with Crippen LogP contribution >= 0.6 is 25.3 Å². The molecule has 8 N–H and O–H groups in total. The molecule has 1 aromatic carbocycles. The first-order chi connectivity index (χ1) is 15.7. The van der Waals surface area contributed by atoms with Gasteiger partial charge in [-0.15, -0.1) is 0 Å². The van der Waals surface area contributed by atoms with Crippen molar-refractivity contribution in [2.45, 2.75) is 30.6 Å². The number of carboxylic acid groups (broad SMARTS) is 1. The third kappa shape index (κ3) is 7.12. The Kier molecular flexibility index (Phi) is 10.0. The largest absolute Gasteiger partial charge is 0.480 e. The standard InChI is InChI=1S/C20H27N5O6S2/c21-12(8-32)17(27)23-14(5-10-6-22-13-4-2-1-3-11(10)13)18(28)25-16(9-33)19(29)24-15(7-26)20(30)31/h1-4,6,12,14-16,22,26,32-33H,5,7-9,21H2,(H,23,27)(H,24,29)(H,25,28)(H,30,31). The number of aliphatic hydroxyl groups is 1. The van der Waals surface area contributed by atoms with Crippen LogP contribution in [0, 0.1) is 0 Å². The number of hydrogen-bond donors (Lipinski definition) is 9. The Morgan fingerprint density at radius 1 is 0.939 bits per heavy atom. The third-order valence-electron chi connectivity index (χ3n) is 4.88. The Hall–Kier alpha value is -2.74. The van der Waals surface area contributed by atoms with E-state index in [1.165, 1.54) is 0 Å². The molecule has 0 aliphatic heterocycles. The zero-order valence-corrected chi connectivity index (χ0v) is 19.3. The third-order valence-corrected chi connectivity index (χ3v) is 5.64. The molecule has 0 saturated carbocycles. The van der Waals surface area contributed by atoms with Gasteiger partial charge in [0, 0.05) is 35.0 Å². The minimum absolute atomic E-state index is 0.0622. The molecule has 0 aliphatic carbocycles. The number of fused-ring (bicyclic) bond motifs is 1. The van der Waals surface area contributed by atoms with Gasteiger partial charge in [-0.1, -0.05) is 18.2 Å². The van der Waals surface area contributed by atoms with Gasteiger partial charge in [-0.2, -0.15) is 25.3 Å². The number of rotatable bonds is 12. The Morgan fingerprint density at radius 2 is 1.55 bits per heavy atom. The van der Waals surface area contributed by atoms with E-state index in [2.05, 4.69) is 46.2 Å². The molecule has 13 heteroatoms. The number of aliphatic carboxylic acids is 1. The SMILES string of the molecule is NC(CS)C(=O)NC(Cc1c[nH]c2ccccc12)C(=O)NC(CS)C(=O)NC(CO)C(=O)O. The van der Waals surface area contributed by atoms with E-state index >= 15 is 0 Å². The lowest BCUT2D eigenvalue weighted by Crippen LogP contribution is -2.58. The number of benzene rings is 1. The molecule has 4 atom stereocenters. The number of nitrogens with two attached hydrogens (primary N) is 1. The number of carboxylic acids is 1. The Balaban J connectivity index is 2.21. The first-order valence-corrected chi connectivity index (χ1v) is 11.2. The number of nitrogens with one attached hydrogen (secondary N) is 4. The van der Waals surface area contributed by atoms with Crippen LogP contribution in [0.2, 0.25) is 0 Å². The number of para-hydroxylation sites is 1. The van der Waals surface area contributed by atoms with Gasteiger partial charge in [-0.25, -0.2) is 4.79 Å². The maximum atomic E-state index is 13.0. The van der Waals surface area contributed by atoms with Crippen LogP contribution in [0.3, 0.4) is 0 Å². The molecule has 2 rings (SSSR count). The summed E-state index contributed by atoms with van der Waals surface area (Å²) >= 11 is 8.05. The Morgan fingerprint density at radius 3 is 2.15 bits per heavy atom. The van der Waals surface area contributed by atoms with Crippen molar-refractivity contribution in [3.8, 4) is 0 Å². The maximum Gasteiger partial charge on any atom is 0.328 e. The van der Waals surface area contributed by atoms with Crippen LogP contribution < -0.4 is 21.7 Å². The highest BCUT2D eigenvalue weighted by atomic mass is 32.1. The molecule has 1 aromatic heterocycles. The number of thiol groups is 2. The molecular weight excluding hydrogens is 470 g/mol. The van der Waals surface area contributed by atoms with Crippen molar-refractivity contribution in [1.29, 1.82) is 0 Å². The van der Waals surface area contributed by atoms with E-state index in [0.29, 0.717) is 0 Å². The fourth-order valence-corrected chi connectivity index (χ4v) is 3.44. The fourth-order valence-electron chi connectivity index (χ4n) is 3.02. The average Bonchev–Trinajstić information content (AvgIpc) is 3.22. The number of aromatic amines is 1. The Bertz CT molecular complexity index is 1000. The fraction of sp³-hybridized carbons (Fsp3) is 0.400. The van der Waals surface area contributed by atoms with Gasteiger partial charge in [0.15, 0.2) is 0 Å². The lowest BCUT2D eigenvalue weighted by molar-refractivity contribution is -0.143. The number of hydrogen-bond acceptors (Lipinski definition) is 8. The van der Waals surface area contributed by atoms with Gasteiger partial charge < -0.3 is 36.9 Å². The van der Waals surface area contributed by atoms with Crippen LogP contribution in [0.25, 0.3) is 10.9 Å². The highest BCUT2D eigenvalue weighted by molar-refractivity contribution is 7.80. The maximum absolute atomic E-state index is 13.0. The minimum Gasteiger partial charge on any atom is -0.480 e. The highest BCUT2D eigenvalue weighted by Crippen LogP contribution is 2.19. The van der Waals surface area contributed by atoms with Crippen molar-refractivity contribution < 1.29 is 29.4 Å². The van der Waals surface area contributed by atoms with Gasteiger partial charge in [0.2, 0.25) is 17.7 Å². The van der Waals surface area contributed by atoms with E-state index in [4.69, 9.17) is 15.9 Å². The van der Waals surface area contributed by atoms with Gasteiger partial charge >= 0.3 is 5.97 Å². The zero-order chi connectivity index (χ0) is 24.5. The van der Waals surface area contributed by atoms with Crippen molar-refractivity contribution in [2.75, 3.05) is 18.1 Å². The molecule has 4 unspecified atom stereocenters. The number of carbonyl (C=O) groups is 4. The normalized spacial score (nSPS) is 14.7. The van der Waals surface area contributed by atoms with Gasteiger partial charge in [0.1, 0.15) is 18.1 Å². The van der Waals surface area contributed by atoms with E-state index in [9.17, 15) is 19.2 Å². The summed E-state index contributed by atoms with van der Waals surface area (Å²) in [6.45, 7) is -0.824. The number of aliphatic hydroxyl groups excluding tert-OH is 1. The minimum atomic E-state index is -1.54. The van der Waals surface area contributed by atoms with E-state index < -0.39 is 54.5 Å². The molecule has 0 spiro atoms. The average molecular weight is 498 g/mol. The summed E-state index contributed by atoms with van der Waals surface area (Å²) in [6.07, 6.45) is 1.81. The van der Waals surface area contributed by atoms with E-state index in [0.717, 1.165) is 16.5 Å². The van der Waals surface area contributed by atoms with Gasteiger partial charge in [0.25, 0.3) is 0 Å². The lowest BCUT2D eigenvalue weighted by atomic mass is 10.0. The van der Waals surface area contributed by atoms with Crippen molar-refractivity contribution >= 4 is 59.9 Å². The predicted molar refractivity (Wildman–Crippen MR) is 128 cm³/mol. The topological polar surface area (TPSA) is 187 Å². The summed E-state index contributed by atoms with van der Waals surface area (Å²) in [6, 6.07) is 2.63. The molecule has 0 aliphatic rings. The quantitative estimate of drug-likeness (QED) is 0.158. The first kappa shape index (κ1) is 26.5. The van der Waals surface area contributed by atoms with Crippen LogP contribution in [-0.2, 0) is 25.6 Å². The predicted octanol–water partition coefficient (Wildman–Crippen LogP) is -1.57. The van der Waals surface area contributed by atoms with Gasteiger partial charge in [-0.3, -0.25) is 14.4 Å². The van der Waals surface area contributed by atoms with Crippen LogP contribution in [0.15, 0.2) is 30.5 Å². The molecule has 2 aromatic rings. The number of amides is 3. The number of carbonyl (C=O) groups excluding carboxylic acids is 3. The summed E-state index contributed by atoms with van der Waals surface area (Å²) in [5.41, 5.74) is 7.32. The summed E-state index contributed by atoms with van der Waals surface area (Å²) in [4.78, 5) is 52.0.